The molecule has 0 aliphatic rings. The van der Waals surface area contributed by atoms with Gasteiger partial charge in [-0.2, -0.15) is 15.5 Å². The molecule has 0 N–H and O–H groups in total. The number of nitrogens with zero attached hydrogens (tertiary/aromatic N) is 5. The van der Waals surface area contributed by atoms with Crippen molar-refractivity contribution < 1.29 is 0 Å². The van der Waals surface area contributed by atoms with E-state index in [2.05, 4.69) is 16.3 Å². The molecule has 0 radical (unpaired) electrons. The molecule has 2 rings (SSSR count). The Morgan fingerprint density at radius 3 is 2.50 bits per heavy atom. The highest BCUT2D eigenvalue weighted by molar-refractivity contribution is 6.31. The SMILES string of the molecule is Cc1nn(-c2c(C#N)c(C)nn2C)cc1Cl. The van der Waals surface area contributed by atoms with E-state index >= 15 is 0 Å². The van der Waals surface area contributed by atoms with Crippen LogP contribution in [0, 0.1) is 25.2 Å². The molecule has 16 heavy (non-hydrogen) atoms. The highest BCUT2D eigenvalue weighted by Gasteiger charge is 2.16. The first-order valence-electron chi connectivity index (χ1n) is 4.70. The lowest BCUT2D eigenvalue weighted by Gasteiger charge is -2.01. The summed E-state index contributed by atoms with van der Waals surface area (Å²) in [5, 5.41) is 18.1. The van der Waals surface area contributed by atoms with Gasteiger partial charge in [-0.25, -0.2) is 9.36 Å². The molecule has 2 aromatic rings. The number of rotatable bonds is 1. The molecule has 0 fully saturated rings. The van der Waals surface area contributed by atoms with Crippen molar-refractivity contribution in [2.45, 2.75) is 13.8 Å². The van der Waals surface area contributed by atoms with E-state index in [1.807, 2.05) is 6.92 Å². The summed E-state index contributed by atoms with van der Waals surface area (Å²) in [4.78, 5) is 0. The maximum atomic E-state index is 9.07. The third-order valence-corrected chi connectivity index (χ3v) is 2.73. The maximum Gasteiger partial charge on any atom is 0.169 e. The molecule has 5 nitrogen and oxygen atoms in total. The predicted molar refractivity (Wildman–Crippen MR) is 59.5 cm³/mol. The molecule has 2 aromatic heterocycles. The van der Waals surface area contributed by atoms with Crippen molar-refractivity contribution in [3.63, 3.8) is 0 Å². The third-order valence-electron chi connectivity index (χ3n) is 2.36. The van der Waals surface area contributed by atoms with Crippen molar-refractivity contribution in [3.05, 3.63) is 28.2 Å². The van der Waals surface area contributed by atoms with Crippen molar-refractivity contribution in [2.75, 3.05) is 0 Å². The Kier molecular flexibility index (Phi) is 2.44. The van der Waals surface area contributed by atoms with Crippen molar-refractivity contribution in [1.29, 1.82) is 5.26 Å². The molecule has 6 heteroatoms. The van der Waals surface area contributed by atoms with Gasteiger partial charge in [0, 0.05) is 7.05 Å². The average Bonchev–Trinajstić information content (AvgIpc) is 2.67. The predicted octanol–water partition coefficient (Wildman–Crippen LogP) is 1.75. The highest BCUT2D eigenvalue weighted by Crippen LogP contribution is 2.20. The standard InChI is InChI=1S/C10H10ClN5/c1-6-8(4-12)10(15(3)13-6)16-5-9(11)7(2)14-16/h5H,1-3H3. The summed E-state index contributed by atoms with van der Waals surface area (Å²) in [6, 6.07) is 2.12. The molecular formula is C10H10ClN5. The Morgan fingerprint density at radius 2 is 2.00 bits per heavy atom. The fraction of sp³-hybridized carbons (Fsp3) is 0.300. The molecule has 0 saturated carbocycles. The molecule has 0 saturated heterocycles. The fourth-order valence-electron chi connectivity index (χ4n) is 1.59. The van der Waals surface area contributed by atoms with E-state index in [-0.39, 0.29) is 0 Å². The lowest BCUT2D eigenvalue weighted by Crippen LogP contribution is -2.05. The molecule has 82 valence electrons. The molecule has 2 heterocycles. The summed E-state index contributed by atoms with van der Waals surface area (Å²) in [7, 11) is 1.77. The van der Waals surface area contributed by atoms with Gasteiger partial charge in [0.05, 0.1) is 22.6 Å². The minimum atomic E-state index is 0.515. The molecule has 0 atom stereocenters. The number of aromatic nitrogens is 4. The number of hydrogen-bond acceptors (Lipinski definition) is 3. The second-order valence-corrected chi connectivity index (χ2v) is 3.93. The zero-order valence-electron chi connectivity index (χ0n) is 9.19. The van der Waals surface area contributed by atoms with Crippen molar-refractivity contribution in [2.24, 2.45) is 7.05 Å². The van der Waals surface area contributed by atoms with E-state index in [0.717, 1.165) is 5.69 Å². The summed E-state index contributed by atoms with van der Waals surface area (Å²) in [5.41, 5.74) is 1.93. The second-order valence-electron chi connectivity index (χ2n) is 3.53. The van der Waals surface area contributed by atoms with Crippen LogP contribution in [-0.2, 0) is 7.05 Å². The van der Waals surface area contributed by atoms with Crippen LogP contribution in [0.25, 0.3) is 5.82 Å². The molecule has 0 amide bonds. The Balaban J connectivity index is 2.69. The Labute approximate surface area is 97.9 Å². The van der Waals surface area contributed by atoms with Crippen LogP contribution in [0.2, 0.25) is 5.02 Å². The van der Waals surface area contributed by atoms with Gasteiger partial charge in [-0.05, 0) is 13.8 Å². The molecule has 0 aliphatic carbocycles. The molecular weight excluding hydrogens is 226 g/mol. The fourth-order valence-corrected chi connectivity index (χ4v) is 1.72. The van der Waals surface area contributed by atoms with Gasteiger partial charge in [0.25, 0.3) is 0 Å². The second kappa shape index (κ2) is 3.65. The lowest BCUT2D eigenvalue weighted by atomic mass is 10.3. The van der Waals surface area contributed by atoms with E-state index in [9.17, 15) is 0 Å². The lowest BCUT2D eigenvalue weighted by molar-refractivity contribution is 0.690. The normalized spacial score (nSPS) is 10.4. The maximum absolute atomic E-state index is 9.07. The van der Waals surface area contributed by atoms with Gasteiger partial charge in [0.1, 0.15) is 11.6 Å². The number of hydrogen-bond donors (Lipinski definition) is 0. The van der Waals surface area contributed by atoms with Gasteiger partial charge in [-0.3, -0.25) is 0 Å². The summed E-state index contributed by atoms with van der Waals surface area (Å²) in [6.07, 6.45) is 1.67. The Hall–Kier alpha value is -1.80. The first kappa shape index (κ1) is 10.7. The van der Waals surface area contributed by atoms with Crippen LogP contribution < -0.4 is 0 Å². The number of aryl methyl sites for hydroxylation is 3. The smallest absolute Gasteiger partial charge is 0.169 e. The van der Waals surface area contributed by atoms with E-state index < -0.39 is 0 Å². The van der Waals surface area contributed by atoms with E-state index in [1.54, 1.807) is 29.5 Å². The number of nitriles is 1. The van der Waals surface area contributed by atoms with Crippen LogP contribution in [0.3, 0.4) is 0 Å². The summed E-state index contributed by atoms with van der Waals surface area (Å²) in [5.74, 6) is 0.634. The zero-order valence-corrected chi connectivity index (χ0v) is 9.95. The van der Waals surface area contributed by atoms with Crippen LogP contribution in [0.1, 0.15) is 17.0 Å². The van der Waals surface area contributed by atoms with Crippen LogP contribution >= 0.6 is 11.6 Å². The van der Waals surface area contributed by atoms with Crippen LogP contribution in [0.5, 0.6) is 0 Å². The molecule has 0 unspecified atom stereocenters. The van der Waals surface area contributed by atoms with Crippen LogP contribution in [0.4, 0.5) is 0 Å². The van der Waals surface area contributed by atoms with Crippen molar-refractivity contribution >= 4 is 11.6 Å². The Morgan fingerprint density at radius 1 is 1.31 bits per heavy atom. The minimum Gasteiger partial charge on any atom is -0.250 e. The van der Waals surface area contributed by atoms with Gasteiger partial charge in [-0.1, -0.05) is 11.6 Å². The zero-order chi connectivity index (χ0) is 11.9. The minimum absolute atomic E-state index is 0.515. The molecule has 0 aromatic carbocycles. The third kappa shape index (κ3) is 1.48. The monoisotopic (exact) mass is 235 g/mol. The average molecular weight is 236 g/mol. The highest BCUT2D eigenvalue weighted by atomic mass is 35.5. The summed E-state index contributed by atoms with van der Waals surface area (Å²) >= 11 is 5.94. The topological polar surface area (TPSA) is 59.4 Å². The van der Waals surface area contributed by atoms with E-state index in [4.69, 9.17) is 16.9 Å². The summed E-state index contributed by atoms with van der Waals surface area (Å²) < 4.78 is 3.20. The van der Waals surface area contributed by atoms with Crippen LogP contribution in [-0.4, -0.2) is 19.6 Å². The first-order valence-corrected chi connectivity index (χ1v) is 5.08. The first-order chi connectivity index (χ1) is 7.54. The van der Waals surface area contributed by atoms with Gasteiger partial charge in [0.15, 0.2) is 5.82 Å². The van der Waals surface area contributed by atoms with Gasteiger partial charge in [0.2, 0.25) is 0 Å². The van der Waals surface area contributed by atoms with Gasteiger partial charge in [-0.15, -0.1) is 0 Å². The number of halogens is 1. The Bertz CT molecular complexity index is 568. The van der Waals surface area contributed by atoms with E-state index in [0.29, 0.717) is 22.1 Å². The molecule has 0 aliphatic heterocycles. The molecule has 0 bridgehead atoms. The quantitative estimate of drug-likeness (QED) is 0.757. The molecule has 0 spiro atoms. The van der Waals surface area contributed by atoms with Crippen molar-refractivity contribution in [1.82, 2.24) is 19.6 Å². The summed E-state index contributed by atoms with van der Waals surface area (Å²) in [6.45, 7) is 3.61. The van der Waals surface area contributed by atoms with Gasteiger partial charge >= 0.3 is 0 Å². The van der Waals surface area contributed by atoms with Gasteiger partial charge < -0.3 is 0 Å². The van der Waals surface area contributed by atoms with Crippen molar-refractivity contribution in [3.8, 4) is 11.9 Å². The van der Waals surface area contributed by atoms with Crippen LogP contribution in [0.15, 0.2) is 6.20 Å². The largest absolute Gasteiger partial charge is 0.250 e. The van der Waals surface area contributed by atoms with E-state index in [1.165, 1.54) is 0 Å².